The van der Waals surface area contributed by atoms with E-state index in [1.54, 1.807) is 17.4 Å². The Balaban J connectivity index is 1.55. The largest absolute Gasteiger partial charge is 0.448 e. The van der Waals surface area contributed by atoms with Crippen molar-refractivity contribution in [2.75, 3.05) is 0 Å². The van der Waals surface area contributed by atoms with Gasteiger partial charge in [-0.3, -0.25) is 4.79 Å². The van der Waals surface area contributed by atoms with Gasteiger partial charge in [0.1, 0.15) is 0 Å². The van der Waals surface area contributed by atoms with Gasteiger partial charge >= 0.3 is 5.97 Å². The minimum absolute atomic E-state index is 0.0660. The van der Waals surface area contributed by atoms with Gasteiger partial charge in [0.25, 0.3) is 5.91 Å². The molecule has 0 bridgehead atoms. The molecule has 2 heterocycles. The normalized spacial score (nSPS) is 19.8. The van der Waals surface area contributed by atoms with Crippen molar-refractivity contribution in [1.82, 2.24) is 4.90 Å². The van der Waals surface area contributed by atoms with Gasteiger partial charge in [-0.15, -0.1) is 11.3 Å². The van der Waals surface area contributed by atoms with Crippen LogP contribution in [0.15, 0.2) is 41.8 Å². The lowest BCUT2D eigenvalue weighted by atomic mass is 9.98. The van der Waals surface area contributed by atoms with Crippen LogP contribution < -0.4 is 0 Å². The first-order chi connectivity index (χ1) is 11.2. The van der Waals surface area contributed by atoms with E-state index in [4.69, 9.17) is 4.74 Å². The van der Waals surface area contributed by atoms with Gasteiger partial charge in [-0.05, 0) is 35.9 Å². The van der Waals surface area contributed by atoms with E-state index >= 15 is 0 Å². The molecule has 23 heavy (non-hydrogen) atoms. The van der Waals surface area contributed by atoms with Crippen LogP contribution in [0.3, 0.4) is 0 Å². The van der Waals surface area contributed by atoms with E-state index in [2.05, 4.69) is 0 Å². The zero-order valence-corrected chi connectivity index (χ0v) is 13.4. The molecule has 5 heteroatoms. The predicted molar refractivity (Wildman–Crippen MR) is 87.2 cm³/mol. The summed E-state index contributed by atoms with van der Waals surface area (Å²) in [5, 5.41) is 2.02. The van der Waals surface area contributed by atoms with Crippen molar-refractivity contribution in [2.24, 2.45) is 0 Å². The summed E-state index contributed by atoms with van der Waals surface area (Å²) >= 11 is 1.65. The number of nitrogens with zero attached hydrogens (tertiary/aromatic N) is 1. The maximum atomic E-state index is 12.9. The van der Waals surface area contributed by atoms with Crippen LogP contribution in [0, 0.1) is 0 Å². The Kier molecular flexibility index (Phi) is 3.65. The number of rotatable bonds is 4. The Morgan fingerprint density at radius 1 is 1.22 bits per heavy atom. The first-order valence-electron chi connectivity index (χ1n) is 7.84. The molecule has 1 aromatic carbocycles. The van der Waals surface area contributed by atoms with E-state index in [1.165, 1.54) is 0 Å². The van der Waals surface area contributed by atoms with Gasteiger partial charge in [0.2, 0.25) is 0 Å². The highest BCUT2D eigenvalue weighted by molar-refractivity contribution is 7.09. The van der Waals surface area contributed by atoms with E-state index in [0.29, 0.717) is 24.6 Å². The Morgan fingerprint density at radius 2 is 2.04 bits per heavy atom. The van der Waals surface area contributed by atoms with Gasteiger partial charge in [0.15, 0.2) is 6.10 Å². The molecule has 1 aliphatic carbocycles. The molecule has 2 aliphatic rings. The maximum Gasteiger partial charge on any atom is 0.339 e. The van der Waals surface area contributed by atoms with Gasteiger partial charge in [0, 0.05) is 17.3 Å². The van der Waals surface area contributed by atoms with E-state index < -0.39 is 12.1 Å². The molecule has 4 nitrogen and oxygen atoms in total. The minimum Gasteiger partial charge on any atom is -0.448 e. The second-order valence-electron chi connectivity index (χ2n) is 6.03. The summed E-state index contributed by atoms with van der Waals surface area (Å²) < 4.78 is 5.43. The van der Waals surface area contributed by atoms with Crippen molar-refractivity contribution in [3.8, 4) is 0 Å². The number of hydrogen-bond acceptors (Lipinski definition) is 4. The molecule has 1 atom stereocenters. The van der Waals surface area contributed by atoms with E-state index in [9.17, 15) is 9.59 Å². The number of thiophene rings is 1. The molecular weight excluding hydrogens is 310 g/mol. The standard InChI is InChI=1S/C18H17NO3S/c20-17(19(13-7-8-13)11-14-5-3-9-23-14)16-10-12-4-1-2-6-15(12)18(21)22-16/h1-6,9,13,16H,7-8,10-11H2. The Labute approximate surface area is 138 Å². The molecule has 1 aromatic heterocycles. The number of fused-ring (bicyclic) bond motifs is 1. The lowest BCUT2D eigenvalue weighted by molar-refractivity contribution is -0.142. The highest BCUT2D eigenvalue weighted by atomic mass is 32.1. The van der Waals surface area contributed by atoms with E-state index in [0.717, 1.165) is 23.3 Å². The number of ether oxygens (including phenoxy) is 1. The first kappa shape index (κ1) is 14.5. The fourth-order valence-corrected chi connectivity index (χ4v) is 3.70. The van der Waals surface area contributed by atoms with Crippen molar-refractivity contribution in [3.05, 3.63) is 57.8 Å². The van der Waals surface area contributed by atoms with Crippen molar-refractivity contribution in [1.29, 1.82) is 0 Å². The number of carbonyl (C=O) groups is 2. The highest BCUT2D eigenvalue weighted by Gasteiger charge is 2.39. The fourth-order valence-electron chi connectivity index (χ4n) is 3.00. The number of esters is 1. The van der Waals surface area contributed by atoms with Crippen LogP contribution in [0.4, 0.5) is 0 Å². The summed E-state index contributed by atoms with van der Waals surface area (Å²) in [5.41, 5.74) is 1.47. The number of benzene rings is 1. The third-order valence-electron chi connectivity index (χ3n) is 4.34. The zero-order chi connectivity index (χ0) is 15.8. The first-order valence-corrected chi connectivity index (χ1v) is 8.72. The second-order valence-corrected chi connectivity index (χ2v) is 7.06. The lowest BCUT2D eigenvalue weighted by Crippen LogP contribution is -2.45. The molecule has 1 fully saturated rings. The molecule has 0 spiro atoms. The SMILES string of the molecule is O=C1OC(C(=O)N(Cc2cccs2)C2CC2)Cc2ccccc21. The molecule has 0 radical (unpaired) electrons. The fraction of sp³-hybridized carbons (Fsp3) is 0.333. The van der Waals surface area contributed by atoms with Crippen molar-refractivity contribution in [3.63, 3.8) is 0 Å². The Hall–Kier alpha value is -2.14. The summed E-state index contributed by atoms with van der Waals surface area (Å²) in [6.07, 6.45) is 1.84. The molecule has 1 aliphatic heterocycles. The molecular formula is C18H17NO3S. The smallest absolute Gasteiger partial charge is 0.339 e. The molecule has 1 unspecified atom stereocenters. The van der Waals surface area contributed by atoms with Crippen LogP contribution in [0.2, 0.25) is 0 Å². The van der Waals surface area contributed by atoms with Gasteiger partial charge in [0.05, 0.1) is 12.1 Å². The minimum atomic E-state index is -0.696. The van der Waals surface area contributed by atoms with Crippen LogP contribution in [0.25, 0.3) is 0 Å². The van der Waals surface area contributed by atoms with Crippen molar-refractivity contribution in [2.45, 2.75) is 38.0 Å². The summed E-state index contributed by atoms with van der Waals surface area (Å²) in [7, 11) is 0. The van der Waals surface area contributed by atoms with Crippen LogP contribution in [0.1, 0.15) is 33.6 Å². The van der Waals surface area contributed by atoms with Crippen LogP contribution >= 0.6 is 11.3 Å². The van der Waals surface area contributed by atoms with Gasteiger partial charge < -0.3 is 9.64 Å². The Morgan fingerprint density at radius 3 is 2.78 bits per heavy atom. The summed E-state index contributed by atoms with van der Waals surface area (Å²) in [5.74, 6) is -0.458. The third-order valence-corrected chi connectivity index (χ3v) is 5.21. The maximum absolute atomic E-state index is 12.9. The molecule has 4 rings (SSSR count). The molecule has 0 saturated heterocycles. The second kappa shape index (κ2) is 5.81. The topological polar surface area (TPSA) is 46.6 Å². The van der Waals surface area contributed by atoms with Gasteiger partial charge in [-0.1, -0.05) is 24.3 Å². The summed E-state index contributed by atoms with van der Waals surface area (Å²) in [6.45, 7) is 0.608. The predicted octanol–water partition coefficient (Wildman–Crippen LogP) is 3.02. The van der Waals surface area contributed by atoms with Gasteiger partial charge in [-0.25, -0.2) is 4.79 Å². The summed E-state index contributed by atoms with van der Waals surface area (Å²) in [6, 6.07) is 11.7. The lowest BCUT2D eigenvalue weighted by Gasteiger charge is -2.29. The average Bonchev–Trinajstić information content (AvgIpc) is 3.28. The van der Waals surface area contributed by atoms with Crippen LogP contribution in [0.5, 0.6) is 0 Å². The average molecular weight is 327 g/mol. The molecule has 0 N–H and O–H groups in total. The quantitative estimate of drug-likeness (QED) is 0.811. The highest BCUT2D eigenvalue weighted by Crippen LogP contribution is 2.31. The zero-order valence-electron chi connectivity index (χ0n) is 12.6. The number of amides is 1. The molecule has 1 amide bonds. The monoisotopic (exact) mass is 327 g/mol. The summed E-state index contributed by atoms with van der Waals surface area (Å²) in [4.78, 5) is 28.1. The van der Waals surface area contributed by atoms with Crippen molar-refractivity contribution < 1.29 is 14.3 Å². The van der Waals surface area contributed by atoms with E-state index in [-0.39, 0.29) is 5.91 Å². The molecule has 1 saturated carbocycles. The number of carbonyl (C=O) groups excluding carboxylic acids is 2. The van der Waals surface area contributed by atoms with Crippen LogP contribution in [-0.2, 0) is 22.5 Å². The Bertz CT molecular complexity index is 736. The molecule has 2 aromatic rings. The van der Waals surface area contributed by atoms with Crippen LogP contribution in [-0.4, -0.2) is 28.9 Å². The number of cyclic esters (lactones) is 1. The third kappa shape index (κ3) is 2.88. The molecule has 118 valence electrons. The number of hydrogen-bond donors (Lipinski definition) is 0. The van der Waals surface area contributed by atoms with E-state index in [1.807, 2.05) is 40.6 Å². The van der Waals surface area contributed by atoms with Gasteiger partial charge in [-0.2, -0.15) is 0 Å². The van der Waals surface area contributed by atoms with Crippen molar-refractivity contribution >= 4 is 23.2 Å².